The monoisotopic (exact) mass is 377 g/mol. The Morgan fingerprint density at radius 1 is 1.21 bits per heavy atom. The van der Waals surface area contributed by atoms with Crippen molar-refractivity contribution in [3.8, 4) is 17.4 Å². The maximum atomic E-state index is 13.0. The Hall–Kier alpha value is -3.81. The van der Waals surface area contributed by atoms with Crippen LogP contribution in [-0.4, -0.2) is 25.7 Å². The second-order valence-corrected chi connectivity index (χ2v) is 6.08. The Labute approximate surface area is 159 Å². The quantitative estimate of drug-likeness (QED) is 0.577. The second kappa shape index (κ2) is 7.43. The fourth-order valence-electron chi connectivity index (χ4n) is 2.73. The van der Waals surface area contributed by atoms with Crippen LogP contribution in [0.2, 0.25) is 0 Å². The number of hydrogen-bond acceptors (Lipinski definition) is 5. The molecule has 0 saturated carbocycles. The molecule has 1 aromatic carbocycles. The Morgan fingerprint density at radius 3 is 2.79 bits per heavy atom. The molecule has 0 unspecified atom stereocenters. The highest BCUT2D eigenvalue weighted by atomic mass is 19.1. The number of carbonyl (C=O) groups excluding carboxylic acids is 1. The Bertz CT molecular complexity index is 1100. The van der Waals surface area contributed by atoms with Crippen molar-refractivity contribution in [1.29, 1.82) is 0 Å². The molecule has 1 amide bonds. The van der Waals surface area contributed by atoms with E-state index in [0.29, 0.717) is 28.7 Å². The lowest BCUT2D eigenvalue weighted by molar-refractivity contribution is 0.0950. The molecule has 8 heteroatoms. The average molecular weight is 377 g/mol. The minimum atomic E-state index is -0.316. The summed E-state index contributed by atoms with van der Waals surface area (Å²) in [7, 11) is 0. The number of nitrogens with zero attached hydrogens (tertiary/aromatic N) is 4. The number of amides is 1. The number of hydrogen-bond donors (Lipinski definition) is 1. The molecule has 4 aromatic rings. The number of aromatic nitrogens is 4. The summed E-state index contributed by atoms with van der Waals surface area (Å²) >= 11 is 0. The van der Waals surface area contributed by atoms with Gasteiger partial charge < -0.3 is 9.73 Å². The largest absolute Gasteiger partial charge is 0.463 e. The molecular weight excluding hydrogens is 361 g/mol. The van der Waals surface area contributed by atoms with Crippen LogP contribution < -0.4 is 5.32 Å². The minimum Gasteiger partial charge on any atom is -0.463 e. The number of rotatable bonds is 5. The summed E-state index contributed by atoms with van der Waals surface area (Å²) in [5.74, 6) is 0.356. The number of benzene rings is 1. The Balaban J connectivity index is 1.53. The Kier molecular flexibility index (Phi) is 4.67. The molecule has 0 aliphatic heterocycles. The van der Waals surface area contributed by atoms with Crippen molar-refractivity contribution < 1.29 is 13.6 Å². The lowest BCUT2D eigenvalue weighted by Crippen LogP contribution is -2.23. The van der Waals surface area contributed by atoms with Gasteiger partial charge in [0.05, 0.1) is 23.7 Å². The second-order valence-electron chi connectivity index (χ2n) is 6.08. The van der Waals surface area contributed by atoms with E-state index in [4.69, 9.17) is 4.42 Å². The molecule has 140 valence electrons. The van der Waals surface area contributed by atoms with Gasteiger partial charge in [-0.25, -0.2) is 19.0 Å². The number of halogens is 1. The van der Waals surface area contributed by atoms with Crippen LogP contribution in [0.3, 0.4) is 0 Å². The molecule has 1 N–H and O–H groups in total. The van der Waals surface area contributed by atoms with Crippen molar-refractivity contribution in [1.82, 2.24) is 25.1 Å². The Morgan fingerprint density at radius 2 is 2.04 bits per heavy atom. The van der Waals surface area contributed by atoms with Crippen molar-refractivity contribution >= 4 is 5.91 Å². The first-order valence-corrected chi connectivity index (χ1v) is 8.56. The molecule has 4 rings (SSSR count). The maximum Gasteiger partial charge on any atom is 0.255 e. The van der Waals surface area contributed by atoms with Crippen LogP contribution in [0, 0.1) is 12.7 Å². The van der Waals surface area contributed by atoms with Gasteiger partial charge in [0.25, 0.3) is 11.9 Å². The van der Waals surface area contributed by atoms with Crippen molar-refractivity contribution in [2.45, 2.75) is 13.5 Å². The van der Waals surface area contributed by atoms with Crippen LogP contribution >= 0.6 is 0 Å². The van der Waals surface area contributed by atoms with Crippen LogP contribution in [0.4, 0.5) is 4.39 Å². The van der Waals surface area contributed by atoms with Crippen molar-refractivity contribution in [3.63, 3.8) is 0 Å². The first-order chi connectivity index (χ1) is 13.6. The number of furan rings is 1. The summed E-state index contributed by atoms with van der Waals surface area (Å²) in [6, 6.07) is 11.3. The van der Waals surface area contributed by atoms with Crippen LogP contribution in [0.1, 0.15) is 21.6 Å². The van der Waals surface area contributed by atoms with Gasteiger partial charge in [-0.1, -0.05) is 12.1 Å². The van der Waals surface area contributed by atoms with Gasteiger partial charge in [0.1, 0.15) is 11.5 Å². The van der Waals surface area contributed by atoms with E-state index in [-0.39, 0.29) is 18.3 Å². The molecular formula is C20H16FN5O2. The van der Waals surface area contributed by atoms with E-state index >= 15 is 0 Å². The standard InChI is InChI=1S/C20H16FN5O2/c1-13-16(19(27)23-11-14-4-6-15(21)7-5-14)12-24-26(13)20-22-9-8-17(25-20)18-3-2-10-28-18/h2-10,12H,11H2,1H3,(H,23,27). The fraction of sp³-hybridized carbons (Fsp3) is 0.100. The molecule has 0 fully saturated rings. The first-order valence-electron chi connectivity index (χ1n) is 8.56. The average Bonchev–Trinajstić information content (AvgIpc) is 3.37. The third kappa shape index (κ3) is 3.52. The van der Waals surface area contributed by atoms with E-state index in [1.165, 1.54) is 23.0 Å². The molecule has 3 aromatic heterocycles. The molecule has 28 heavy (non-hydrogen) atoms. The summed E-state index contributed by atoms with van der Waals surface area (Å²) in [4.78, 5) is 21.2. The van der Waals surface area contributed by atoms with Crippen LogP contribution in [-0.2, 0) is 6.54 Å². The highest BCUT2D eigenvalue weighted by molar-refractivity contribution is 5.95. The molecule has 0 radical (unpaired) electrons. The zero-order valence-corrected chi connectivity index (χ0v) is 15.0. The van der Waals surface area contributed by atoms with Gasteiger partial charge in [-0.3, -0.25) is 4.79 Å². The van der Waals surface area contributed by atoms with Crippen molar-refractivity contribution in [3.05, 3.63) is 83.8 Å². The van der Waals surface area contributed by atoms with Gasteiger partial charge in [-0.05, 0) is 42.8 Å². The van der Waals surface area contributed by atoms with E-state index in [2.05, 4.69) is 20.4 Å². The van der Waals surface area contributed by atoms with Gasteiger partial charge >= 0.3 is 0 Å². The molecule has 0 bridgehead atoms. The number of carbonyl (C=O) groups is 1. The third-order valence-corrected chi connectivity index (χ3v) is 4.23. The van der Waals surface area contributed by atoms with Gasteiger partial charge in [0.2, 0.25) is 0 Å². The fourth-order valence-corrected chi connectivity index (χ4v) is 2.73. The zero-order chi connectivity index (χ0) is 19.5. The highest BCUT2D eigenvalue weighted by Crippen LogP contribution is 2.18. The zero-order valence-electron chi connectivity index (χ0n) is 15.0. The number of nitrogens with one attached hydrogen (secondary N) is 1. The van der Waals surface area contributed by atoms with Gasteiger partial charge in [-0.15, -0.1) is 0 Å². The van der Waals surface area contributed by atoms with E-state index in [1.807, 2.05) is 0 Å². The third-order valence-electron chi connectivity index (χ3n) is 4.23. The summed E-state index contributed by atoms with van der Waals surface area (Å²) in [6.45, 7) is 2.05. The summed E-state index contributed by atoms with van der Waals surface area (Å²) in [5.41, 5.74) is 2.43. The molecule has 0 aliphatic carbocycles. The SMILES string of the molecule is Cc1c(C(=O)NCc2ccc(F)cc2)cnn1-c1nccc(-c2ccco2)n1. The summed E-state index contributed by atoms with van der Waals surface area (Å²) in [6.07, 6.45) is 4.65. The van der Waals surface area contributed by atoms with Gasteiger partial charge in [-0.2, -0.15) is 5.10 Å². The summed E-state index contributed by atoms with van der Waals surface area (Å²) in [5, 5.41) is 7.05. The van der Waals surface area contributed by atoms with Crippen molar-refractivity contribution in [2.75, 3.05) is 0 Å². The topological polar surface area (TPSA) is 85.8 Å². The summed E-state index contributed by atoms with van der Waals surface area (Å²) < 4.78 is 19.8. The molecule has 0 spiro atoms. The molecule has 0 atom stereocenters. The van der Waals surface area contributed by atoms with Crippen LogP contribution in [0.25, 0.3) is 17.4 Å². The van der Waals surface area contributed by atoms with E-state index < -0.39 is 0 Å². The van der Waals surface area contributed by atoms with E-state index in [9.17, 15) is 9.18 Å². The minimum absolute atomic E-state index is 0.282. The maximum absolute atomic E-state index is 13.0. The molecule has 7 nitrogen and oxygen atoms in total. The normalized spacial score (nSPS) is 10.8. The molecule has 0 aliphatic rings. The predicted octanol–water partition coefficient (Wildman–Crippen LogP) is 3.30. The molecule has 0 saturated heterocycles. The van der Waals surface area contributed by atoms with Gasteiger partial charge in [0.15, 0.2) is 5.76 Å². The first kappa shape index (κ1) is 17.6. The predicted molar refractivity (Wildman–Crippen MR) is 99.2 cm³/mol. The lowest BCUT2D eigenvalue weighted by atomic mass is 10.2. The van der Waals surface area contributed by atoms with Crippen LogP contribution in [0.5, 0.6) is 0 Å². The van der Waals surface area contributed by atoms with E-state index in [1.54, 1.807) is 49.7 Å². The van der Waals surface area contributed by atoms with E-state index in [0.717, 1.165) is 5.56 Å². The highest BCUT2D eigenvalue weighted by Gasteiger charge is 2.17. The lowest BCUT2D eigenvalue weighted by Gasteiger charge is -2.06. The molecule has 3 heterocycles. The smallest absolute Gasteiger partial charge is 0.255 e. The van der Waals surface area contributed by atoms with Gasteiger partial charge in [0, 0.05) is 12.7 Å². The van der Waals surface area contributed by atoms with Crippen molar-refractivity contribution in [2.24, 2.45) is 0 Å². The van der Waals surface area contributed by atoms with Crippen LogP contribution in [0.15, 0.2) is 65.5 Å².